The number of methoxy groups -OCH3 is 1. The Bertz CT molecular complexity index is 473. The molecule has 1 aromatic rings. The standard InChI is InChI=1S/C18H29NO2/c1-6-12(2)7-13(3)19-11-16-10-18-15(8-14(4)21-18)9-17(16)20-5/h9-10,12-14,19H,6-8,11H2,1-5H3. The quantitative estimate of drug-likeness (QED) is 0.825. The Kier molecular flexibility index (Phi) is 5.51. The molecule has 1 aromatic carbocycles. The lowest BCUT2D eigenvalue weighted by atomic mass is 10.00. The van der Waals surface area contributed by atoms with E-state index in [4.69, 9.17) is 9.47 Å². The number of hydrogen-bond donors (Lipinski definition) is 1. The molecule has 1 aliphatic heterocycles. The van der Waals surface area contributed by atoms with Crippen molar-refractivity contribution >= 4 is 0 Å². The highest BCUT2D eigenvalue weighted by Gasteiger charge is 2.21. The molecule has 0 aromatic heterocycles. The molecular formula is C18H29NO2. The van der Waals surface area contributed by atoms with Crippen molar-refractivity contribution in [1.29, 1.82) is 0 Å². The van der Waals surface area contributed by atoms with E-state index in [1.165, 1.54) is 24.0 Å². The predicted octanol–water partition coefficient (Wildman–Crippen LogP) is 3.93. The highest BCUT2D eigenvalue weighted by molar-refractivity contribution is 5.48. The van der Waals surface area contributed by atoms with Crippen molar-refractivity contribution in [2.75, 3.05) is 7.11 Å². The first-order valence-corrected chi connectivity index (χ1v) is 8.13. The smallest absolute Gasteiger partial charge is 0.123 e. The monoisotopic (exact) mass is 291 g/mol. The van der Waals surface area contributed by atoms with Crippen LogP contribution in [0.4, 0.5) is 0 Å². The van der Waals surface area contributed by atoms with Crippen molar-refractivity contribution in [3.63, 3.8) is 0 Å². The van der Waals surface area contributed by atoms with E-state index in [1.807, 2.05) is 0 Å². The van der Waals surface area contributed by atoms with Gasteiger partial charge in [0.05, 0.1) is 7.11 Å². The van der Waals surface area contributed by atoms with E-state index < -0.39 is 0 Å². The first-order chi connectivity index (χ1) is 10.0. The van der Waals surface area contributed by atoms with Gasteiger partial charge in [0.15, 0.2) is 0 Å². The fourth-order valence-electron chi connectivity index (χ4n) is 2.95. The summed E-state index contributed by atoms with van der Waals surface area (Å²) >= 11 is 0. The van der Waals surface area contributed by atoms with Gasteiger partial charge >= 0.3 is 0 Å². The zero-order chi connectivity index (χ0) is 15.4. The van der Waals surface area contributed by atoms with Crippen LogP contribution in [0, 0.1) is 5.92 Å². The second kappa shape index (κ2) is 7.17. The molecule has 0 saturated carbocycles. The highest BCUT2D eigenvalue weighted by Crippen LogP contribution is 2.35. The second-order valence-electron chi connectivity index (χ2n) is 6.44. The summed E-state index contributed by atoms with van der Waals surface area (Å²) in [5, 5.41) is 3.61. The SMILES string of the molecule is CCC(C)CC(C)NCc1cc2c(cc1OC)CC(C)O2. The third kappa shape index (κ3) is 4.13. The van der Waals surface area contributed by atoms with Gasteiger partial charge in [-0.15, -0.1) is 0 Å². The first-order valence-electron chi connectivity index (χ1n) is 8.13. The van der Waals surface area contributed by atoms with Crippen LogP contribution in [0.2, 0.25) is 0 Å². The zero-order valence-electron chi connectivity index (χ0n) is 14.0. The predicted molar refractivity (Wildman–Crippen MR) is 87.2 cm³/mol. The molecule has 3 heteroatoms. The molecule has 3 nitrogen and oxygen atoms in total. The van der Waals surface area contributed by atoms with Gasteiger partial charge in [0, 0.05) is 30.1 Å². The number of nitrogens with one attached hydrogen (secondary N) is 1. The van der Waals surface area contributed by atoms with Crippen molar-refractivity contribution in [2.45, 2.75) is 65.6 Å². The van der Waals surface area contributed by atoms with Crippen LogP contribution in [0.1, 0.15) is 51.7 Å². The minimum absolute atomic E-state index is 0.275. The van der Waals surface area contributed by atoms with Gasteiger partial charge in [0.1, 0.15) is 17.6 Å². The Morgan fingerprint density at radius 1 is 1.38 bits per heavy atom. The van der Waals surface area contributed by atoms with Crippen LogP contribution in [0.3, 0.4) is 0 Å². The van der Waals surface area contributed by atoms with Gasteiger partial charge in [-0.05, 0) is 38.3 Å². The van der Waals surface area contributed by atoms with Crippen LogP contribution in [-0.2, 0) is 13.0 Å². The fourth-order valence-corrected chi connectivity index (χ4v) is 2.95. The molecule has 0 saturated heterocycles. The molecule has 1 aliphatic rings. The normalized spacial score (nSPS) is 19.8. The zero-order valence-corrected chi connectivity index (χ0v) is 14.0. The summed E-state index contributed by atoms with van der Waals surface area (Å²) in [6, 6.07) is 4.79. The number of rotatable bonds is 7. The summed E-state index contributed by atoms with van der Waals surface area (Å²) in [4.78, 5) is 0. The highest BCUT2D eigenvalue weighted by atomic mass is 16.5. The minimum atomic E-state index is 0.275. The van der Waals surface area contributed by atoms with E-state index in [9.17, 15) is 0 Å². The largest absolute Gasteiger partial charge is 0.496 e. The third-order valence-corrected chi connectivity index (χ3v) is 4.39. The number of fused-ring (bicyclic) bond motifs is 1. The molecule has 3 unspecified atom stereocenters. The van der Waals surface area contributed by atoms with Crippen LogP contribution in [-0.4, -0.2) is 19.3 Å². The van der Waals surface area contributed by atoms with Gasteiger partial charge < -0.3 is 14.8 Å². The second-order valence-corrected chi connectivity index (χ2v) is 6.44. The molecule has 0 bridgehead atoms. The average molecular weight is 291 g/mol. The van der Waals surface area contributed by atoms with E-state index in [0.717, 1.165) is 30.4 Å². The van der Waals surface area contributed by atoms with Crippen molar-refractivity contribution < 1.29 is 9.47 Å². The Morgan fingerprint density at radius 3 is 2.81 bits per heavy atom. The summed E-state index contributed by atoms with van der Waals surface area (Å²) in [5.41, 5.74) is 2.44. The Balaban J connectivity index is 2.01. The molecule has 21 heavy (non-hydrogen) atoms. The van der Waals surface area contributed by atoms with Crippen LogP contribution < -0.4 is 14.8 Å². The van der Waals surface area contributed by atoms with Crippen LogP contribution in [0.15, 0.2) is 12.1 Å². The molecule has 1 N–H and O–H groups in total. The lowest BCUT2D eigenvalue weighted by Gasteiger charge is -2.19. The molecule has 2 rings (SSSR count). The lowest BCUT2D eigenvalue weighted by molar-refractivity contribution is 0.254. The summed E-state index contributed by atoms with van der Waals surface area (Å²) in [5.74, 6) is 2.75. The molecule has 0 fully saturated rings. The van der Waals surface area contributed by atoms with E-state index in [-0.39, 0.29) is 6.10 Å². The molecule has 1 heterocycles. The molecule has 0 spiro atoms. The third-order valence-electron chi connectivity index (χ3n) is 4.39. The van der Waals surface area contributed by atoms with Gasteiger partial charge in [0.2, 0.25) is 0 Å². The van der Waals surface area contributed by atoms with Gasteiger partial charge in [-0.3, -0.25) is 0 Å². The summed E-state index contributed by atoms with van der Waals surface area (Å²) in [6.07, 6.45) is 3.69. The number of ether oxygens (including phenoxy) is 2. The summed E-state index contributed by atoms with van der Waals surface area (Å²) < 4.78 is 11.4. The Morgan fingerprint density at radius 2 is 2.14 bits per heavy atom. The van der Waals surface area contributed by atoms with E-state index in [1.54, 1.807) is 7.11 Å². The van der Waals surface area contributed by atoms with Gasteiger partial charge in [-0.2, -0.15) is 0 Å². The van der Waals surface area contributed by atoms with Crippen molar-refractivity contribution in [1.82, 2.24) is 5.32 Å². The van der Waals surface area contributed by atoms with E-state index >= 15 is 0 Å². The maximum absolute atomic E-state index is 5.85. The Hall–Kier alpha value is -1.22. The topological polar surface area (TPSA) is 30.5 Å². The fraction of sp³-hybridized carbons (Fsp3) is 0.667. The molecular weight excluding hydrogens is 262 g/mol. The lowest BCUT2D eigenvalue weighted by Crippen LogP contribution is -2.27. The molecule has 3 atom stereocenters. The van der Waals surface area contributed by atoms with Crippen molar-refractivity contribution in [2.24, 2.45) is 5.92 Å². The average Bonchev–Trinajstić information content (AvgIpc) is 2.82. The molecule has 118 valence electrons. The van der Waals surface area contributed by atoms with E-state index in [0.29, 0.717) is 6.04 Å². The van der Waals surface area contributed by atoms with Crippen LogP contribution in [0.25, 0.3) is 0 Å². The van der Waals surface area contributed by atoms with Crippen LogP contribution in [0.5, 0.6) is 11.5 Å². The molecule has 0 amide bonds. The maximum atomic E-state index is 5.85. The van der Waals surface area contributed by atoms with E-state index in [2.05, 4.69) is 45.1 Å². The Labute approximate surface area is 129 Å². The number of benzene rings is 1. The number of hydrogen-bond acceptors (Lipinski definition) is 3. The first kappa shape index (κ1) is 16.2. The van der Waals surface area contributed by atoms with Crippen molar-refractivity contribution in [3.05, 3.63) is 23.3 Å². The van der Waals surface area contributed by atoms with Gasteiger partial charge in [-0.25, -0.2) is 0 Å². The van der Waals surface area contributed by atoms with Crippen molar-refractivity contribution in [3.8, 4) is 11.5 Å². The maximum Gasteiger partial charge on any atom is 0.123 e. The van der Waals surface area contributed by atoms with Gasteiger partial charge in [-0.1, -0.05) is 20.3 Å². The summed E-state index contributed by atoms with van der Waals surface area (Å²) in [6.45, 7) is 9.75. The summed E-state index contributed by atoms with van der Waals surface area (Å²) in [7, 11) is 1.74. The van der Waals surface area contributed by atoms with Crippen LogP contribution >= 0.6 is 0 Å². The van der Waals surface area contributed by atoms with Gasteiger partial charge in [0.25, 0.3) is 0 Å². The minimum Gasteiger partial charge on any atom is -0.496 e. The molecule has 0 radical (unpaired) electrons. The molecule has 0 aliphatic carbocycles.